The molecule has 1 N–H and O–H groups in total. The highest BCUT2D eigenvalue weighted by Crippen LogP contribution is 2.46. The van der Waals surface area contributed by atoms with Crippen LogP contribution < -0.4 is 4.74 Å². The van der Waals surface area contributed by atoms with Crippen LogP contribution in [-0.4, -0.2) is 42.9 Å². The van der Waals surface area contributed by atoms with Crippen molar-refractivity contribution in [3.05, 3.63) is 62.4 Å². The van der Waals surface area contributed by atoms with E-state index in [1.807, 2.05) is 39.0 Å². The molecule has 202 valence electrons. The fourth-order valence-electron chi connectivity index (χ4n) is 5.82. The molecule has 3 aromatic rings. The number of aromatic nitrogens is 4. The molecule has 2 aromatic heterocycles. The average molecular weight is 559 g/mol. The lowest BCUT2D eigenvalue weighted by Gasteiger charge is -2.41. The van der Waals surface area contributed by atoms with Crippen LogP contribution in [0.3, 0.4) is 0 Å². The minimum absolute atomic E-state index is 0.0515. The lowest BCUT2D eigenvalue weighted by molar-refractivity contribution is -0.167. The molecule has 0 radical (unpaired) electrons. The van der Waals surface area contributed by atoms with Gasteiger partial charge >= 0.3 is 5.97 Å². The summed E-state index contributed by atoms with van der Waals surface area (Å²) in [5.74, 6) is 1.07. The molecule has 1 atom stereocenters. The van der Waals surface area contributed by atoms with Crippen molar-refractivity contribution in [3.63, 3.8) is 0 Å². The Morgan fingerprint density at radius 1 is 1.16 bits per heavy atom. The third kappa shape index (κ3) is 5.21. The van der Waals surface area contributed by atoms with Crippen molar-refractivity contribution < 1.29 is 19.4 Å². The monoisotopic (exact) mass is 558 g/mol. The van der Waals surface area contributed by atoms with Gasteiger partial charge < -0.3 is 14.6 Å². The van der Waals surface area contributed by atoms with Crippen molar-refractivity contribution in [1.82, 2.24) is 19.6 Å². The van der Waals surface area contributed by atoms with Gasteiger partial charge in [0.2, 0.25) is 0 Å². The Balaban J connectivity index is 1.40. The normalized spacial score (nSPS) is 20.4. The Kier molecular flexibility index (Phi) is 7.56. The molecule has 8 nitrogen and oxygen atoms in total. The lowest BCUT2D eigenvalue weighted by Crippen LogP contribution is -2.46. The number of cyclic esters (lactones) is 1. The Labute approximate surface area is 232 Å². The minimum Gasteiger partial charge on any atom is -0.512 e. The fraction of sp³-hybridized carbons (Fsp3) is 0.500. The lowest BCUT2D eigenvalue weighted by atomic mass is 9.76. The van der Waals surface area contributed by atoms with Gasteiger partial charge in [-0.25, -0.2) is 14.3 Å². The second-order valence-corrected chi connectivity index (χ2v) is 11.1. The third-order valence-electron chi connectivity index (χ3n) is 7.64. The Morgan fingerprint density at radius 2 is 1.87 bits per heavy atom. The van der Waals surface area contributed by atoms with Gasteiger partial charge in [0.25, 0.3) is 5.78 Å². The number of nitrogens with zero attached hydrogens (tertiary/aromatic N) is 4. The molecular formula is C28H32Cl2N4O4. The number of rotatable bonds is 8. The number of esters is 1. The van der Waals surface area contributed by atoms with E-state index in [-0.39, 0.29) is 30.1 Å². The second-order valence-electron chi connectivity index (χ2n) is 10.3. The molecule has 1 saturated carbocycles. The van der Waals surface area contributed by atoms with Gasteiger partial charge in [0.1, 0.15) is 11.4 Å². The summed E-state index contributed by atoms with van der Waals surface area (Å²) in [4.78, 5) is 22.3. The number of hydrogen-bond donors (Lipinski definition) is 1. The minimum atomic E-state index is -0.791. The molecule has 10 heteroatoms. The third-order valence-corrected chi connectivity index (χ3v) is 8.20. The van der Waals surface area contributed by atoms with Gasteiger partial charge in [0.05, 0.1) is 22.2 Å². The summed E-state index contributed by atoms with van der Waals surface area (Å²) in [6.07, 6.45) is 5.57. The summed E-state index contributed by atoms with van der Waals surface area (Å²) in [6, 6.07) is 5.61. The number of aliphatic hydroxyl groups excluding tert-OH is 1. The predicted molar refractivity (Wildman–Crippen MR) is 145 cm³/mol. The summed E-state index contributed by atoms with van der Waals surface area (Å²) in [5.41, 5.74) is 2.07. The van der Waals surface area contributed by atoms with Gasteiger partial charge in [0, 0.05) is 24.2 Å². The summed E-state index contributed by atoms with van der Waals surface area (Å²) in [5, 5.41) is 16.6. The summed E-state index contributed by atoms with van der Waals surface area (Å²) >= 11 is 12.9. The topological polar surface area (TPSA) is 98.8 Å². The van der Waals surface area contributed by atoms with Crippen LogP contribution in [0, 0.1) is 19.8 Å². The molecule has 1 aliphatic carbocycles. The molecule has 0 bridgehead atoms. The van der Waals surface area contributed by atoms with Crippen LogP contribution in [0.4, 0.5) is 0 Å². The Hall–Kier alpha value is -2.84. The number of hydrogen-bond acceptors (Lipinski definition) is 7. The first-order chi connectivity index (χ1) is 18.2. The first kappa shape index (κ1) is 26.8. The predicted octanol–water partition coefficient (Wildman–Crippen LogP) is 6.31. The van der Waals surface area contributed by atoms with Crippen LogP contribution in [0.15, 0.2) is 29.5 Å². The smallest absolute Gasteiger partial charge is 0.338 e. The Morgan fingerprint density at radius 3 is 2.53 bits per heavy atom. The molecule has 0 saturated heterocycles. The van der Waals surface area contributed by atoms with E-state index in [9.17, 15) is 9.90 Å². The highest BCUT2D eigenvalue weighted by molar-refractivity contribution is 6.37. The van der Waals surface area contributed by atoms with E-state index in [2.05, 4.69) is 15.1 Å². The molecule has 38 heavy (non-hydrogen) atoms. The largest absolute Gasteiger partial charge is 0.512 e. The first-order valence-corrected chi connectivity index (χ1v) is 13.9. The molecular weight excluding hydrogens is 527 g/mol. The van der Waals surface area contributed by atoms with Gasteiger partial charge in [-0.2, -0.15) is 4.98 Å². The van der Waals surface area contributed by atoms with E-state index in [1.54, 1.807) is 4.52 Å². The number of carbonyl (C=O) groups excluding carboxylic acids is 1. The highest BCUT2D eigenvalue weighted by Gasteiger charge is 2.48. The van der Waals surface area contributed by atoms with E-state index >= 15 is 0 Å². The van der Waals surface area contributed by atoms with Gasteiger partial charge in [-0.05, 0) is 76.1 Å². The maximum atomic E-state index is 13.4. The van der Waals surface area contributed by atoms with Gasteiger partial charge in [0.15, 0.2) is 11.6 Å². The molecule has 0 spiro atoms. The standard InChI is InChI=1S/C28H32Cl2N4O4/c1-4-37-25-21(29)12-18(13-22(25)30)9-10-28(19-7-5-6-8-19)15-23(35)20(26(36)38-28)14-24-32-27-31-16(2)11-17(3)34(27)33-24/h11-13,19,35H,4-10,14-15H2,1-3H3. The zero-order chi connectivity index (χ0) is 27.0. The van der Waals surface area contributed by atoms with Gasteiger partial charge in [-0.1, -0.05) is 36.0 Å². The average Bonchev–Trinajstić information content (AvgIpc) is 3.53. The number of benzene rings is 1. The second kappa shape index (κ2) is 10.7. The first-order valence-electron chi connectivity index (χ1n) is 13.1. The summed E-state index contributed by atoms with van der Waals surface area (Å²) < 4.78 is 13.4. The number of aliphatic hydroxyl groups is 1. The van der Waals surface area contributed by atoms with Crippen molar-refractivity contribution in [1.29, 1.82) is 0 Å². The van der Waals surface area contributed by atoms with Crippen LogP contribution in [0.25, 0.3) is 5.78 Å². The number of ether oxygens (including phenoxy) is 2. The molecule has 2 aliphatic rings. The zero-order valence-corrected chi connectivity index (χ0v) is 23.4. The fourth-order valence-corrected chi connectivity index (χ4v) is 6.46. The highest BCUT2D eigenvalue weighted by atomic mass is 35.5. The molecule has 3 heterocycles. The van der Waals surface area contributed by atoms with E-state index in [1.165, 1.54) is 0 Å². The number of fused-ring (bicyclic) bond motifs is 1. The van der Waals surface area contributed by atoms with Crippen LogP contribution >= 0.6 is 23.2 Å². The molecule has 1 aromatic carbocycles. The van der Waals surface area contributed by atoms with E-state index in [0.717, 1.165) is 42.6 Å². The van der Waals surface area contributed by atoms with Crippen molar-refractivity contribution >= 4 is 34.9 Å². The molecule has 1 unspecified atom stereocenters. The Bertz CT molecular complexity index is 1390. The van der Waals surface area contributed by atoms with Crippen LogP contribution in [-0.2, 0) is 22.4 Å². The van der Waals surface area contributed by atoms with Crippen molar-refractivity contribution in [3.8, 4) is 5.75 Å². The molecule has 1 aliphatic heterocycles. The quantitative estimate of drug-likeness (QED) is 0.323. The van der Waals surface area contributed by atoms with Crippen LogP contribution in [0.1, 0.15) is 68.2 Å². The van der Waals surface area contributed by atoms with E-state index in [4.69, 9.17) is 32.7 Å². The number of aryl methyl sites for hydroxylation is 3. The maximum Gasteiger partial charge on any atom is 0.338 e. The van der Waals surface area contributed by atoms with Crippen molar-refractivity contribution in [2.45, 2.75) is 77.7 Å². The maximum absolute atomic E-state index is 13.4. The summed E-state index contributed by atoms with van der Waals surface area (Å²) in [7, 11) is 0. The molecule has 1 fully saturated rings. The van der Waals surface area contributed by atoms with E-state index < -0.39 is 11.6 Å². The van der Waals surface area contributed by atoms with Gasteiger partial charge in [-0.15, -0.1) is 5.10 Å². The molecule has 0 amide bonds. The molecule has 5 rings (SSSR count). The SMILES string of the molecule is CCOc1c(Cl)cc(CCC2(C3CCCC3)CC(O)=C(Cc3nc4nc(C)cc(C)n4n3)C(=O)O2)cc1Cl. The van der Waals surface area contributed by atoms with Crippen molar-refractivity contribution in [2.75, 3.05) is 6.61 Å². The van der Waals surface area contributed by atoms with Gasteiger partial charge in [-0.3, -0.25) is 0 Å². The number of halogens is 2. The summed E-state index contributed by atoms with van der Waals surface area (Å²) in [6.45, 7) is 6.16. The van der Waals surface area contributed by atoms with E-state index in [0.29, 0.717) is 46.8 Å². The van der Waals surface area contributed by atoms with Crippen LogP contribution in [0.2, 0.25) is 10.0 Å². The zero-order valence-electron chi connectivity index (χ0n) is 21.9. The number of carbonyl (C=O) groups is 1. The van der Waals surface area contributed by atoms with Crippen LogP contribution in [0.5, 0.6) is 5.75 Å². The van der Waals surface area contributed by atoms with Crippen molar-refractivity contribution in [2.24, 2.45) is 5.92 Å².